The lowest BCUT2D eigenvalue weighted by atomic mass is 10.1. The first-order chi connectivity index (χ1) is 11.4. The van der Waals surface area contributed by atoms with Crippen LogP contribution in [-0.2, 0) is 4.79 Å². The smallest absolute Gasteiger partial charge is 0.276 e. The zero-order chi connectivity index (χ0) is 17.7. The summed E-state index contributed by atoms with van der Waals surface area (Å²) in [7, 11) is 0. The number of hydrazine groups is 1. The van der Waals surface area contributed by atoms with Crippen molar-refractivity contribution in [2.75, 3.05) is 6.61 Å². The molecule has 0 fully saturated rings. The zero-order valence-electron chi connectivity index (χ0n) is 13.2. The molecule has 0 unspecified atom stereocenters. The molecule has 126 valence electrons. The highest BCUT2D eigenvalue weighted by atomic mass is 127. The summed E-state index contributed by atoms with van der Waals surface area (Å²) in [6.45, 7) is 3.71. The first-order valence-corrected chi connectivity index (χ1v) is 8.98. The molecule has 2 N–H and O–H groups in total. The highest BCUT2D eigenvalue weighted by Crippen LogP contribution is 2.21. The van der Waals surface area contributed by atoms with Crippen LogP contribution in [0.2, 0.25) is 0 Å². The average Bonchev–Trinajstić information content (AvgIpc) is 2.56. The topological polar surface area (TPSA) is 67.4 Å². The molecule has 0 radical (unpaired) electrons. The van der Waals surface area contributed by atoms with E-state index in [0.717, 1.165) is 19.2 Å². The van der Waals surface area contributed by atoms with E-state index in [1.54, 1.807) is 18.2 Å². The third-order valence-electron chi connectivity index (χ3n) is 3.25. The number of carbonyl (C=O) groups excluding carboxylic acids is 2. The Kier molecular flexibility index (Phi) is 6.61. The van der Waals surface area contributed by atoms with Gasteiger partial charge in [0.2, 0.25) is 0 Å². The molecule has 0 aliphatic carbocycles. The predicted molar refractivity (Wildman–Crippen MR) is 104 cm³/mol. The summed E-state index contributed by atoms with van der Waals surface area (Å²) >= 11 is 5.56. The van der Waals surface area contributed by atoms with Crippen molar-refractivity contribution in [3.8, 4) is 5.75 Å². The molecular formula is C17H16BrIN2O3. The quantitative estimate of drug-likeness (QED) is 0.496. The van der Waals surface area contributed by atoms with Crippen LogP contribution in [0, 0.1) is 17.4 Å². The van der Waals surface area contributed by atoms with Crippen LogP contribution >= 0.6 is 38.5 Å². The number of carbonyl (C=O) groups is 2. The highest BCUT2D eigenvalue weighted by molar-refractivity contribution is 14.1. The number of rotatable bonds is 4. The summed E-state index contributed by atoms with van der Waals surface area (Å²) in [5.41, 5.74) is 7.29. The first kappa shape index (κ1) is 18.7. The van der Waals surface area contributed by atoms with Gasteiger partial charge in [0.25, 0.3) is 11.8 Å². The summed E-state index contributed by atoms with van der Waals surface area (Å²) in [5, 5.41) is 0. The lowest BCUT2D eigenvalue weighted by Gasteiger charge is -2.10. The van der Waals surface area contributed by atoms with Gasteiger partial charge in [0.15, 0.2) is 6.61 Å². The number of benzene rings is 2. The van der Waals surface area contributed by atoms with Crippen LogP contribution in [-0.4, -0.2) is 18.4 Å². The van der Waals surface area contributed by atoms with Crippen LogP contribution in [0.3, 0.4) is 0 Å². The van der Waals surface area contributed by atoms with Gasteiger partial charge >= 0.3 is 0 Å². The second kappa shape index (κ2) is 8.48. The lowest BCUT2D eigenvalue weighted by Crippen LogP contribution is -2.43. The number of halogens is 2. The molecule has 24 heavy (non-hydrogen) atoms. The van der Waals surface area contributed by atoms with Crippen molar-refractivity contribution >= 4 is 50.3 Å². The number of hydrogen-bond acceptors (Lipinski definition) is 3. The van der Waals surface area contributed by atoms with E-state index in [-0.39, 0.29) is 12.5 Å². The normalized spacial score (nSPS) is 10.2. The van der Waals surface area contributed by atoms with E-state index in [4.69, 9.17) is 4.74 Å². The van der Waals surface area contributed by atoms with Gasteiger partial charge in [0.1, 0.15) is 5.75 Å². The molecule has 5 nitrogen and oxygen atoms in total. The van der Waals surface area contributed by atoms with Crippen molar-refractivity contribution in [3.63, 3.8) is 0 Å². The van der Waals surface area contributed by atoms with Crippen LogP contribution in [0.5, 0.6) is 5.75 Å². The molecule has 0 heterocycles. The van der Waals surface area contributed by atoms with E-state index < -0.39 is 5.91 Å². The third kappa shape index (κ3) is 5.20. The Labute approximate surface area is 162 Å². The second-order valence-electron chi connectivity index (χ2n) is 5.17. The maximum absolute atomic E-state index is 12.0. The number of amides is 2. The fraction of sp³-hybridized carbons (Fsp3) is 0.176. The van der Waals surface area contributed by atoms with E-state index in [9.17, 15) is 9.59 Å². The van der Waals surface area contributed by atoms with E-state index in [1.807, 2.05) is 32.0 Å². The van der Waals surface area contributed by atoms with Crippen molar-refractivity contribution in [1.29, 1.82) is 0 Å². The Morgan fingerprint density at radius 1 is 1.08 bits per heavy atom. The van der Waals surface area contributed by atoms with E-state index in [0.29, 0.717) is 11.3 Å². The maximum atomic E-state index is 12.0. The van der Waals surface area contributed by atoms with Gasteiger partial charge in [0, 0.05) is 13.6 Å². The van der Waals surface area contributed by atoms with Crippen LogP contribution < -0.4 is 15.6 Å². The van der Waals surface area contributed by atoms with Gasteiger partial charge in [-0.3, -0.25) is 20.4 Å². The first-order valence-electron chi connectivity index (χ1n) is 7.11. The third-order valence-corrected chi connectivity index (χ3v) is 5.30. The molecule has 0 saturated carbocycles. The molecule has 0 bridgehead atoms. The Bertz CT molecular complexity index is 780. The Balaban J connectivity index is 1.83. The zero-order valence-corrected chi connectivity index (χ0v) is 16.9. The monoisotopic (exact) mass is 502 g/mol. The summed E-state index contributed by atoms with van der Waals surface area (Å²) in [6.07, 6.45) is 0. The van der Waals surface area contributed by atoms with Crippen molar-refractivity contribution in [2.24, 2.45) is 0 Å². The highest BCUT2D eigenvalue weighted by Gasteiger charge is 2.09. The van der Waals surface area contributed by atoms with Crippen molar-refractivity contribution in [1.82, 2.24) is 10.9 Å². The summed E-state index contributed by atoms with van der Waals surface area (Å²) in [5.74, 6) is -0.225. The summed E-state index contributed by atoms with van der Waals surface area (Å²) < 4.78 is 7.35. The van der Waals surface area contributed by atoms with Crippen LogP contribution in [0.1, 0.15) is 21.5 Å². The van der Waals surface area contributed by atoms with Crippen molar-refractivity contribution < 1.29 is 14.3 Å². The number of aryl methyl sites for hydroxylation is 2. The summed E-state index contributed by atoms with van der Waals surface area (Å²) in [6, 6.07) is 10.8. The van der Waals surface area contributed by atoms with E-state index in [1.165, 1.54) is 0 Å². The van der Waals surface area contributed by atoms with Gasteiger partial charge in [-0.05, 0) is 77.9 Å². The van der Waals surface area contributed by atoms with Crippen molar-refractivity contribution in [2.45, 2.75) is 13.8 Å². The molecular weight excluding hydrogens is 487 g/mol. The SMILES string of the molecule is Cc1cc(OCC(=O)NNC(=O)c2ccc(C)c(I)c2)ccc1Br. The van der Waals surface area contributed by atoms with Gasteiger partial charge in [-0.1, -0.05) is 22.0 Å². The molecule has 0 atom stereocenters. The van der Waals surface area contributed by atoms with Gasteiger partial charge in [0.05, 0.1) is 0 Å². The maximum Gasteiger partial charge on any atom is 0.276 e. The Morgan fingerprint density at radius 2 is 1.83 bits per heavy atom. The second-order valence-corrected chi connectivity index (χ2v) is 7.18. The molecule has 0 aromatic heterocycles. The average molecular weight is 503 g/mol. The molecule has 2 aromatic carbocycles. The molecule has 0 aliphatic heterocycles. The van der Waals surface area contributed by atoms with Crippen LogP contribution in [0.25, 0.3) is 0 Å². The van der Waals surface area contributed by atoms with E-state index >= 15 is 0 Å². The lowest BCUT2D eigenvalue weighted by molar-refractivity contribution is -0.123. The van der Waals surface area contributed by atoms with Gasteiger partial charge < -0.3 is 4.74 Å². The van der Waals surface area contributed by atoms with Crippen LogP contribution in [0.4, 0.5) is 0 Å². The molecule has 0 aliphatic rings. The van der Waals surface area contributed by atoms with Gasteiger partial charge in [-0.15, -0.1) is 0 Å². The number of hydrogen-bond donors (Lipinski definition) is 2. The van der Waals surface area contributed by atoms with Gasteiger partial charge in [-0.25, -0.2) is 0 Å². The molecule has 0 spiro atoms. The molecule has 2 amide bonds. The molecule has 2 aromatic rings. The molecule has 0 saturated heterocycles. The van der Waals surface area contributed by atoms with E-state index in [2.05, 4.69) is 49.4 Å². The Hall–Kier alpha value is -1.61. The minimum atomic E-state index is -0.439. The summed E-state index contributed by atoms with van der Waals surface area (Å²) in [4.78, 5) is 23.8. The predicted octanol–water partition coefficient (Wildman–Crippen LogP) is 3.51. The molecule has 2 rings (SSSR count). The minimum absolute atomic E-state index is 0.188. The fourth-order valence-electron chi connectivity index (χ4n) is 1.82. The van der Waals surface area contributed by atoms with Crippen LogP contribution in [0.15, 0.2) is 40.9 Å². The number of nitrogens with one attached hydrogen (secondary N) is 2. The number of ether oxygens (including phenoxy) is 1. The Morgan fingerprint density at radius 3 is 2.50 bits per heavy atom. The fourth-order valence-corrected chi connectivity index (χ4v) is 2.59. The largest absolute Gasteiger partial charge is 0.484 e. The van der Waals surface area contributed by atoms with Crippen molar-refractivity contribution in [3.05, 3.63) is 61.1 Å². The van der Waals surface area contributed by atoms with Gasteiger partial charge in [-0.2, -0.15) is 0 Å². The minimum Gasteiger partial charge on any atom is -0.484 e. The standard InChI is InChI=1S/C17H16BrIN2O3/c1-10-3-4-12(8-15(10)19)17(23)21-20-16(22)9-24-13-5-6-14(18)11(2)7-13/h3-8H,9H2,1-2H3,(H,20,22)(H,21,23). The molecule has 7 heteroatoms.